The quantitative estimate of drug-likeness (QED) is 0.341. The van der Waals surface area contributed by atoms with Gasteiger partial charge in [-0.2, -0.15) is 0 Å². The van der Waals surface area contributed by atoms with E-state index in [-0.39, 0.29) is 17.6 Å². The lowest BCUT2D eigenvalue weighted by Crippen LogP contribution is -2.46. The van der Waals surface area contributed by atoms with E-state index in [0.29, 0.717) is 16.8 Å². The smallest absolute Gasteiger partial charge is 0.342 e. The number of aliphatic hydroxyl groups excluding tert-OH is 1. The molecule has 1 heterocycles. The highest BCUT2D eigenvalue weighted by atomic mass is 31.1. The average molecular weight is 461 g/mol. The van der Waals surface area contributed by atoms with Crippen LogP contribution < -0.4 is 4.74 Å². The maximum Gasteiger partial charge on any atom is 0.342 e. The van der Waals surface area contributed by atoms with Crippen molar-refractivity contribution in [1.82, 2.24) is 4.98 Å². The van der Waals surface area contributed by atoms with Crippen LogP contribution in [-0.4, -0.2) is 34.4 Å². The molecule has 0 radical (unpaired) electrons. The SMILES string of the molecule is C#CC(C(=O)Oc1c(-c2ccc(F)cc2)cc(C(C)C)nc1C(C)C)(C(C)O)[PH](=O)OC. The molecule has 3 atom stereocenters. The molecule has 0 aliphatic rings. The first-order valence-corrected chi connectivity index (χ1v) is 11.6. The summed E-state index contributed by atoms with van der Waals surface area (Å²) < 4.78 is 36.8. The zero-order chi connectivity index (χ0) is 24.2. The van der Waals surface area contributed by atoms with Gasteiger partial charge in [-0.1, -0.05) is 45.7 Å². The number of ether oxygens (including phenoxy) is 1. The first-order valence-electron chi connectivity index (χ1n) is 10.3. The van der Waals surface area contributed by atoms with Crippen molar-refractivity contribution in [2.45, 2.75) is 57.7 Å². The molecule has 8 heteroatoms. The number of carbonyl (C=O) groups is 1. The van der Waals surface area contributed by atoms with Gasteiger partial charge in [-0.25, -0.2) is 9.18 Å². The van der Waals surface area contributed by atoms with Gasteiger partial charge in [0.2, 0.25) is 13.2 Å². The standard InChI is InChI=1S/C24H29FNO5P/c1-8-24(16(6)27,32(29)30-7)23(28)31-22-19(17-9-11-18(25)12-10-17)13-20(14(2)3)26-21(22)15(4)5/h1,9-16,27,32H,2-7H3. The fourth-order valence-electron chi connectivity index (χ4n) is 3.21. The van der Waals surface area contributed by atoms with Gasteiger partial charge in [-0.15, -0.1) is 6.42 Å². The Bertz CT molecular complexity index is 1040. The zero-order valence-corrected chi connectivity index (χ0v) is 20.1. The van der Waals surface area contributed by atoms with Gasteiger partial charge in [0, 0.05) is 18.4 Å². The second kappa shape index (κ2) is 10.4. The van der Waals surface area contributed by atoms with E-state index >= 15 is 0 Å². The van der Waals surface area contributed by atoms with Crippen LogP contribution in [0.1, 0.15) is 57.8 Å². The van der Waals surface area contributed by atoms with Crippen molar-refractivity contribution in [1.29, 1.82) is 0 Å². The summed E-state index contributed by atoms with van der Waals surface area (Å²) in [6, 6.07) is 7.51. The highest BCUT2D eigenvalue weighted by molar-refractivity contribution is 7.43. The topological polar surface area (TPSA) is 85.7 Å². The van der Waals surface area contributed by atoms with Gasteiger partial charge >= 0.3 is 5.97 Å². The van der Waals surface area contributed by atoms with Crippen LogP contribution in [0, 0.1) is 18.2 Å². The van der Waals surface area contributed by atoms with Gasteiger partial charge in [0.15, 0.2) is 5.75 Å². The molecule has 0 fully saturated rings. The van der Waals surface area contributed by atoms with Gasteiger partial charge in [-0.3, -0.25) is 9.55 Å². The maximum absolute atomic E-state index is 13.6. The van der Waals surface area contributed by atoms with E-state index in [1.54, 1.807) is 18.2 Å². The molecule has 0 amide bonds. The molecular formula is C24H29FNO5P. The van der Waals surface area contributed by atoms with Crippen molar-refractivity contribution in [3.8, 4) is 29.2 Å². The molecule has 1 aromatic heterocycles. The van der Waals surface area contributed by atoms with Crippen LogP contribution in [0.5, 0.6) is 5.75 Å². The Hall–Kier alpha value is -2.52. The minimum atomic E-state index is -3.21. The lowest BCUT2D eigenvalue weighted by Gasteiger charge is -2.28. The van der Waals surface area contributed by atoms with Crippen molar-refractivity contribution in [3.63, 3.8) is 0 Å². The van der Waals surface area contributed by atoms with Crippen LogP contribution >= 0.6 is 8.03 Å². The highest BCUT2D eigenvalue weighted by Crippen LogP contribution is 2.45. The Morgan fingerprint density at radius 2 is 1.78 bits per heavy atom. The van der Waals surface area contributed by atoms with Crippen LogP contribution in [0.2, 0.25) is 0 Å². The first-order chi connectivity index (χ1) is 15.0. The molecule has 3 unspecified atom stereocenters. The summed E-state index contributed by atoms with van der Waals surface area (Å²) >= 11 is 0. The molecule has 0 bridgehead atoms. The molecule has 2 aromatic rings. The van der Waals surface area contributed by atoms with E-state index in [4.69, 9.17) is 15.7 Å². The molecule has 0 aliphatic heterocycles. The summed E-state index contributed by atoms with van der Waals surface area (Å²) in [5.74, 6) is 0.696. The molecule has 2 rings (SSSR count). The van der Waals surface area contributed by atoms with E-state index in [2.05, 4.69) is 10.9 Å². The molecule has 172 valence electrons. The summed E-state index contributed by atoms with van der Waals surface area (Å²) in [7, 11) is -2.07. The maximum atomic E-state index is 13.6. The fourth-order valence-corrected chi connectivity index (χ4v) is 4.21. The lowest BCUT2D eigenvalue weighted by molar-refractivity contribution is -0.138. The first kappa shape index (κ1) is 25.7. The Morgan fingerprint density at radius 3 is 2.22 bits per heavy atom. The number of rotatable bonds is 8. The molecule has 0 saturated heterocycles. The van der Waals surface area contributed by atoms with E-state index in [9.17, 15) is 18.9 Å². The number of hydrogen-bond acceptors (Lipinski definition) is 6. The number of halogens is 1. The summed E-state index contributed by atoms with van der Waals surface area (Å²) in [6.07, 6.45) is 4.05. The van der Waals surface area contributed by atoms with Crippen LogP contribution in [0.15, 0.2) is 30.3 Å². The van der Waals surface area contributed by atoms with Crippen molar-refractivity contribution in [2.75, 3.05) is 7.11 Å². The number of carbonyl (C=O) groups excluding carboxylic acids is 1. The third kappa shape index (κ3) is 4.94. The average Bonchev–Trinajstić information content (AvgIpc) is 2.74. The third-order valence-electron chi connectivity index (χ3n) is 5.19. The number of benzene rings is 1. The summed E-state index contributed by atoms with van der Waals surface area (Å²) in [5, 5.41) is 8.09. The van der Waals surface area contributed by atoms with E-state index in [0.717, 1.165) is 12.8 Å². The molecular weight excluding hydrogens is 432 g/mol. The second-order valence-corrected chi connectivity index (χ2v) is 9.91. The molecule has 32 heavy (non-hydrogen) atoms. The predicted molar refractivity (Wildman–Crippen MR) is 123 cm³/mol. The Morgan fingerprint density at radius 1 is 1.19 bits per heavy atom. The molecule has 6 nitrogen and oxygen atoms in total. The van der Waals surface area contributed by atoms with Crippen molar-refractivity contribution in [3.05, 3.63) is 47.5 Å². The zero-order valence-electron chi connectivity index (χ0n) is 19.1. The van der Waals surface area contributed by atoms with Crippen LogP contribution in [-0.2, 0) is 13.9 Å². The minimum Gasteiger partial charge on any atom is -0.422 e. The summed E-state index contributed by atoms with van der Waals surface area (Å²) in [5.41, 5.74) is 2.35. The molecule has 0 aliphatic carbocycles. The van der Waals surface area contributed by atoms with Crippen LogP contribution in [0.3, 0.4) is 0 Å². The lowest BCUT2D eigenvalue weighted by atomic mass is 9.96. The fraction of sp³-hybridized carbons (Fsp3) is 0.417. The summed E-state index contributed by atoms with van der Waals surface area (Å²) in [6.45, 7) is 8.99. The van der Waals surface area contributed by atoms with Crippen LogP contribution in [0.4, 0.5) is 4.39 Å². The summed E-state index contributed by atoms with van der Waals surface area (Å²) in [4.78, 5) is 18.0. The van der Waals surface area contributed by atoms with E-state index in [1.165, 1.54) is 19.1 Å². The van der Waals surface area contributed by atoms with Gasteiger partial charge in [-0.05, 0) is 42.5 Å². The van der Waals surface area contributed by atoms with Gasteiger partial charge in [0.05, 0.1) is 11.8 Å². The molecule has 0 saturated carbocycles. The van der Waals surface area contributed by atoms with Crippen LogP contribution in [0.25, 0.3) is 11.1 Å². The number of hydrogen-bond donors (Lipinski definition) is 1. The Balaban J connectivity index is 2.78. The monoisotopic (exact) mass is 461 g/mol. The van der Waals surface area contributed by atoms with Crippen molar-refractivity contribution in [2.24, 2.45) is 0 Å². The van der Waals surface area contributed by atoms with Gasteiger partial charge < -0.3 is 14.4 Å². The van der Waals surface area contributed by atoms with Crippen molar-refractivity contribution >= 4 is 14.0 Å². The molecule has 1 N–H and O–H groups in total. The number of aromatic nitrogens is 1. The Labute approximate surface area is 189 Å². The highest BCUT2D eigenvalue weighted by Gasteiger charge is 2.50. The predicted octanol–water partition coefficient (Wildman–Crippen LogP) is 4.91. The number of nitrogens with zero attached hydrogens (tertiary/aromatic N) is 1. The molecule has 0 spiro atoms. The second-order valence-electron chi connectivity index (χ2n) is 8.13. The van der Waals surface area contributed by atoms with E-state index < -0.39 is 31.1 Å². The normalized spacial score (nSPS) is 15.2. The Kier molecular flexibility index (Phi) is 8.36. The number of esters is 1. The molecule has 1 aromatic carbocycles. The van der Waals surface area contributed by atoms with Gasteiger partial charge in [0.1, 0.15) is 5.82 Å². The van der Waals surface area contributed by atoms with E-state index in [1.807, 2.05) is 27.7 Å². The van der Waals surface area contributed by atoms with Gasteiger partial charge in [0.25, 0.3) is 0 Å². The number of pyridine rings is 1. The third-order valence-corrected chi connectivity index (χ3v) is 6.97. The van der Waals surface area contributed by atoms with Crippen molar-refractivity contribution < 1.29 is 28.1 Å². The minimum absolute atomic E-state index is 0.0728. The largest absolute Gasteiger partial charge is 0.422 e. The number of aliphatic hydroxyl groups is 1. The number of terminal acetylenes is 1.